The number of hydrogen-bond acceptors (Lipinski definition) is 5. The molecule has 0 saturated carbocycles. The summed E-state index contributed by atoms with van der Waals surface area (Å²) in [7, 11) is 0. The Morgan fingerprint density at radius 3 is 2.31 bits per heavy atom. The fourth-order valence-corrected chi connectivity index (χ4v) is 3.66. The summed E-state index contributed by atoms with van der Waals surface area (Å²) >= 11 is 0. The Morgan fingerprint density at radius 1 is 0.743 bits per heavy atom. The van der Waals surface area contributed by atoms with Crippen LogP contribution in [0.4, 0.5) is 34.1 Å². The van der Waals surface area contributed by atoms with Crippen LogP contribution in [0.3, 0.4) is 0 Å². The predicted octanol–water partition coefficient (Wildman–Crippen LogP) is 6.92. The van der Waals surface area contributed by atoms with Crippen LogP contribution in [-0.4, -0.2) is 15.9 Å². The van der Waals surface area contributed by atoms with E-state index in [9.17, 15) is 4.79 Å². The monoisotopic (exact) mass is 456 g/mol. The third-order valence-electron chi connectivity index (χ3n) is 5.37. The summed E-state index contributed by atoms with van der Waals surface area (Å²) < 4.78 is 0. The molecular formula is C28H20N6O. The Hall–Kier alpha value is -5.22. The van der Waals surface area contributed by atoms with Crippen LogP contribution in [0, 0.1) is 6.57 Å². The van der Waals surface area contributed by atoms with Gasteiger partial charge in [0.15, 0.2) is 5.69 Å². The van der Waals surface area contributed by atoms with Crippen molar-refractivity contribution in [3.05, 3.63) is 121 Å². The number of pyridine rings is 2. The largest absolute Gasteiger partial charge is 0.355 e. The Morgan fingerprint density at radius 2 is 1.51 bits per heavy atom. The number of anilines is 5. The van der Waals surface area contributed by atoms with E-state index in [-0.39, 0.29) is 5.91 Å². The maximum absolute atomic E-state index is 12.8. The molecule has 3 N–H and O–H groups in total. The summed E-state index contributed by atoms with van der Waals surface area (Å²) in [6.07, 6.45) is 5.14. The molecule has 0 fully saturated rings. The average Bonchev–Trinajstić information content (AvgIpc) is 2.90. The van der Waals surface area contributed by atoms with E-state index in [1.807, 2.05) is 60.7 Å². The zero-order chi connectivity index (χ0) is 24.0. The third-order valence-corrected chi connectivity index (χ3v) is 5.37. The minimum atomic E-state index is -0.196. The SMILES string of the molecule is [C-]#[N+]c1ccc2c(Nc3ccc(C(=O)Nc4cccc(Nc5ccncc5)c4)cc3)ccnc2c1. The lowest BCUT2D eigenvalue weighted by Gasteiger charge is -2.11. The van der Waals surface area contributed by atoms with Crippen molar-refractivity contribution in [1.29, 1.82) is 0 Å². The summed E-state index contributed by atoms with van der Waals surface area (Å²) in [5, 5.41) is 10.5. The minimum Gasteiger partial charge on any atom is -0.355 e. The Balaban J connectivity index is 1.27. The predicted molar refractivity (Wildman–Crippen MR) is 140 cm³/mol. The number of nitrogens with one attached hydrogen (secondary N) is 3. The molecule has 0 saturated heterocycles. The van der Waals surface area contributed by atoms with Crippen LogP contribution in [0.5, 0.6) is 0 Å². The second-order valence-corrected chi connectivity index (χ2v) is 7.77. The fraction of sp³-hybridized carbons (Fsp3) is 0. The number of nitrogens with zero attached hydrogens (tertiary/aromatic N) is 3. The molecule has 0 unspecified atom stereocenters. The van der Waals surface area contributed by atoms with Gasteiger partial charge in [-0.15, -0.1) is 0 Å². The van der Waals surface area contributed by atoms with Crippen molar-refractivity contribution in [3.63, 3.8) is 0 Å². The first kappa shape index (κ1) is 21.6. The summed E-state index contributed by atoms with van der Waals surface area (Å²) in [6.45, 7) is 7.18. The highest BCUT2D eigenvalue weighted by Crippen LogP contribution is 2.28. The van der Waals surface area contributed by atoms with E-state index in [0.717, 1.165) is 33.7 Å². The number of fused-ring (bicyclic) bond motifs is 1. The Bertz CT molecular complexity index is 1540. The fourth-order valence-electron chi connectivity index (χ4n) is 3.66. The standard InChI is InChI=1S/C28H20N6O/c1-29-22-9-10-25-26(13-16-31-27(25)18-22)33-20-7-5-19(6-8-20)28(35)34-24-4-2-3-23(17-24)32-21-11-14-30-15-12-21/h2-18H,(H,30,32)(H,31,33)(H,34,35). The number of rotatable bonds is 6. The van der Waals surface area contributed by atoms with Gasteiger partial charge >= 0.3 is 0 Å². The average molecular weight is 457 g/mol. The van der Waals surface area contributed by atoms with Gasteiger partial charge in [-0.05, 0) is 66.7 Å². The third kappa shape index (κ3) is 5.07. The van der Waals surface area contributed by atoms with E-state index in [1.54, 1.807) is 42.9 Å². The molecule has 2 heterocycles. The van der Waals surface area contributed by atoms with E-state index in [1.165, 1.54) is 0 Å². The normalized spacial score (nSPS) is 10.4. The van der Waals surface area contributed by atoms with Crippen molar-refractivity contribution in [2.75, 3.05) is 16.0 Å². The van der Waals surface area contributed by atoms with E-state index in [2.05, 4.69) is 30.8 Å². The number of hydrogen-bond donors (Lipinski definition) is 3. The van der Waals surface area contributed by atoms with Gasteiger partial charge in [-0.2, -0.15) is 0 Å². The number of carbonyl (C=O) groups is 1. The summed E-state index contributed by atoms with van der Waals surface area (Å²) in [4.78, 5) is 24.6. The van der Waals surface area contributed by atoms with Crippen molar-refractivity contribution in [3.8, 4) is 0 Å². The zero-order valence-electron chi connectivity index (χ0n) is 18.6. The topological polar surface area (TPSA) is 83.3 Å². The second kappa shape index (κ2) is 9.73. The smallest absolute Gasteiger partial charge is 0.255 e. The molecule has 0 aliphatic rings. The van der Waals surface area contributed by atoms with Crippen LogP contribution in [0.1, 0.15) is 10.4 Å². The first-order valence-electron chi connectivity index (χ1n) is 10.9. The van der Waals surface area contributed by atoms with Gasteiger partial charge in [0.2, 0.25) is 0 Å². The van der Waals surface area contributed by atoms with Crippen LogP contribution in [0.15, 0.2) is 104 Å². The Kier molecular flexibility index (Phi) is 6.01. The van der Waals surface area contributed by atoms with Gasteiger partial charge in [-0.3, -0.25) is 14.8 Å². The molecule has 168 valence electrons. The first-order valence-corrected chi connectivity index (χ1v) is 10.9. The van der Waals surface area contributed by atoms with Gasteiger partial charge in [0.1, 0.15) is 0 Å². The van der Waals surface area contributed by atoms with Gasteiger partial charge in [-0.25, -0.2) is 4.85 Å². The summed E-state index contributed by atoms with van der Waals surface area (Å²) in [5.41, 5.74) is 6.04. The lowest BCUT2D eigenvalue weighted by molar-refractivity contribution is 0.102. The number of carbonyl (C=O) groups excluding carboxylic acids is 1. The molecule has 0 atom stereocenters. The van der Waals surface area contributed by atoms with Crippen LogP contribution < -0.4 is 16.0 Å². The molecule has 7 heteroatoms. The molecule has 7 nitrogen and oxygen atoms in total. The van der Waals surface area contributed by atoms with E-state index >= 15 is 0 Å². The molecule has 5 rings (SSSR count). The van der Waals surface area contributed by atoms with Crippen LogP contribution in [0.25, 0.3) is 15.7 Å². The van der Waals surface area contributed by atoms with Gasteiger partial charge < -0.3 is 16.0 Å². The second-order valence-electron chi connectivity index (χ2n) is 7.77. The van der Waals surface area contributed by atoms with Gasteiger partial charge in [-0.1, -0.05) is 18.2 Å². The van der Waals surface area contributed by atoms with E-state index in [0.29, 0.717) is 16.9 Å². The van der Waals surface area contributed by atoms with Crippen molar-refractivity contribution >= 4 is 50.9 Å². The molecule has 5 aromatic rings. The molecule has 1 amide bonds. The molecule has 35 heavy (non-hydrogen) atoms. The number of aromatic nitrogens is 2. The quantitative estimate of drug-likeness (QED) is 0.242. The number of amides is 1. The van der Waals surface area contributed by atoms with Gasteiger partial charge in [0, 0.05) is 58.0 Å². The van der Waals surface area contributed by atoms with Crippen molar-refractivity contribution in [2.24, 2.45) is 0 Å². The molecule has 3 aromatic carbocycles. The highest BCUT2D eigenvalue weighted by molar-refractivity contribution is 6.04. The van der Waals surface area contributed by atoms with Gasteiger partial charge in [0.25, 0.3) is 5.91 Å². The van der Waals surface area contributed by atoms with Crippen molar-refractivity contribution < 1.29 is 4.79 Å². The number of benzene rings is 3. The maximum atomic E-state index is 12.8. The summed E-state index contributed by atoms with van der Waals surface area (Å²) in [5.74, 6) is -0.196. The van der Waals surface area contributed by atoms with Gasteiger partial charge in [0.05, 0.1) is 12.1 Å². The molecule has 2 aromatic heterocycles. The minimum absolute atomic E-state index is 0.196. The Labute approximate surface area is 202 Å². The molecule has 0 bridgehead atoms. The highest BCUT2D eigenvalue weighted by atomic mass is 16.1. The molecular weight excluding hydrogens is 436 g/mol. The lowest BCUT2D eigenvalue weighted by atomic mass is 10.1. The van der Waals surface area contributed by atoms with Crippen LogP contribution in [-0.2, 0) is 0 Å². The van der Waals surface area contributed by atoms with Crippen molar-refractivity contribution in [2.45, 2.75) is 0 Å². The summed E-state index contributed by atoms with van der Waals surface area (Å²) in [6, 6.07) is 25.9. The van der Waals surface area contributed by atoms with Crippen molar-refractivity contribution in [1.82, 2.24) is 9.97 Å². The first-order chi connectivity index (χ1) is 17.2. The van der Waals surface area contributed by atoms with E-state index < -0.39 is 0 Å². The van der Waals surface area contributed by atoms with Crippen LogP contribution in [0.2, 0.25) is 0 Å². The maximum Gasteiger partial charge on any atom is 0.255 e. The lowest BCUT2D eigenvalue weighted by Crippen LogP contribution is -2.11. The highest BCUT2D eigenvalue weighted by Gasteiger charge is 2.08. The molecule has 0 radical (unpaired) electrons. The molecule has 0 aliphatic carbocycles. The zero-order valence-corrected chi connectivity index (χ0v) is 18.6. The molecule has 0 spiro atoms. The molecule has 0 aliphatic heterocycles. The van der Waals surface area contributed by atoms with Crippen LogP contribution >= 0.6 is 0 Å². The van der Waals surface area contributed by atoms with E-state index in [4.69, 9.17) is 6.57 Å².